The first kappa shape index (κ1) is 12.4. The highest BCUT2D eigenvalue weighted by molar-refractivity contribution is 6.58. The zero-order valence-corrected chi connectivity index (χ0v) is 12.4. The lowest BCUT2D eigenvalue weighted by atomic mass is 10.0. The van der Waals surface area contributed by atoms with Crippen molar-refractivity contribution in [2.75, 3.05) is 0 Å². The van der Waals surface area contributed by atoms with Crippen LogP contribution < -0.4 is 0 Å². The minimum absolute atomic E-state index is 0.345. The van der Waals surface area contributed by atoms with Crippen molar-refractivity contribution in [1.82, 2.24) is 4.98 Å². The number of benzene rings is 1. The Bertz CT molecular complexity index is 602. The first-order valence-corrected chi connectivity index (χ1v) is 9.33. The van der Waals surface area contributed by atoms with Crippen LogP contribution >= 0.6 is 0 Å². The molecule has 0 saturated carbocycles. The third-order valence-corrected chi connectivity index (χ3v) is 5.45. The molecule has 3 rings (SSSR count). The average Bonchev–Trinajstić information content (AvgIpc) is 2.79. The molecule has 1 aromatic carbocycles. The molecule has 1 radical (unpaired) electrons. The lowest BCUT2D eigenvalue weighted by molar-refractivity contribution is 1.12. The number of aromatic nitrogens is 1. The van der Waals surface area contributed by atoms with E-state index in [4.69, 9.17) is 0 Å². The van der Waals surface area contributed by atoms with Gasteiger partial charge in [-0.2, -0.15) is 0 Å². The molecule has 2 aromatic rings. The predicted molar refractivity (Wildman–Crippen MR) is 82.6 cm³/mol. The fourth-order valence-electron chi connectivity index (χ4n) is 2.77. The molecule has 0 fully saturated rings. The highest BCUT2D eigenvalue weighted by Gasteiger charge is 2.25. The zero-order chi connectivity index (χ0) is 13.2. The maximum atomic E-state index is 4.45. The SMILES string of the molecule is C[Si](C)C1C=C(Cc2ccccn2)c2ccccc21. The monoisotopic (exact) mass is 264 g/mol. The van der Waals surface area contributed by atoms with Crippen molar-refractivity contribution in [2.24, 2.45) is 0 Å². The summed E-state index contributed by atoms with van der Waals surface area (Å²) < 4.78 is 0. The summed E-state index contributed by atoms with van der Waals surface area (Å²) in [5.74, 6) is 0. The molecule has 1 aliphatic rings. The molecule has 0 bridgehead atoms. The quantitative estimate of drug-likeness (QED) is 0.761. The summed E-state index contributed by atoms with van der Waals surface area (Å²) in [6, 6.07) is 15.0. The van der Waals surface area contributed by atoms with Gasteiger partial charge in [-0.1, -0.05) is 49.5 Å². The van der Waals surface area contributed by atoms with Gasteiger partial charge in [0, 0.05) is 18.3 Å². The fourth-order valence-corrected chi connectivity index (χ4v) is 4.18. The highest BCUT2D eigenvalue weighted by atomic mass is 28.3. The molecule has 1 heterocycles. The average molecular weight is 264 g/mol. The number of fused-ring (bicyclic) bond motifs is 1. The normalized spacial score (nSPS) is 17.4. The van der Waals surface area contributed by atoms with Crippen LogP contribution in [0.3, 0.4) is 0 Å². The van der Waals surface area contributed by atoms with E-state index in [9.17, 15) is 0 Å². The molecule has 0 amide bonds. The molecule has 0 saturated heterocycles. The summed E-state index contributed by atoms with van der Waals surface area (Å²) in [6.45, 7) is 4.79. The second kappa shape index (κ2) is 5.14. The van der Waals surface area contributed by atoms with E-state index in [1.807, 2.05) is 12.3 Å². The Labute approximate surface area is 116 Å². The summed E-state index contributed by atoms with van der Waals surface area (Å²) in [7, 11) is -0.345. The number of allylic oxidation sites excluding steroid dienone is 2. The largest absolute Gasteiger partial charge is 0.261 e. The number of nitrogens with zero attached hydrogens (tertiary/aromatic N) is 1. The molecule has 1 unspecified atom stereocenters. The maximum Gasteiger partial charge on any atom is 0.0548 e. The van der Waals surface area contributed by atoms with Crippen LogP contribution in [0.2, 0.25) is 13.1 Å². The van der Waals surface area contributed by atoms with Gasteiger partial charge in [-0.3, -0.25) is 4.98 Å². The number of rotatable bonds is 3. The lowest BCUT2D eigenvalue weighted by Gasteiger charge is -2.12. The van der Waals surface area contributed by atoms with E-state index in [2.05, 4.69) is 60.6 Å². The van der Waals surface area contributed by atoms with Gasteiger partial charge < -0.3 is 0 Å². The maximum absolute atomic E-state index is 4.45. The predicted octanol–water partition coefficient (Wildman–Crippen LogP) is 4.10. The number of hydrogen-bond donors (Lipinski definition) is 0. The first-order valence-electron chi connectivity index (χ1n) is 6.75. The third-order valence-electron chi connectivity index (χ3n) is 3.73. The van der Waals surface area contributed by atoms with Crippen LogP contribution in [0.15, 0.2) is 54.7 Å². The first-order chi connectivity index (χ1) is 9.25. The second-order valence-electron chi connectivity index (χ2n) is 5.33. The van der Waals surface area contributed by atoms with Crippen LogP contribution in [0.25, 0.3) is 5.57 Å². The Hall–Kier alpha value is -1.67. The van der Waals surface area contributed by atoms with Crippen molar-refractivity contribution in [1.29, 1.82) is 0 Å². The van der Waals surface area contributed by atoms with Crippen molar-refractivity contribution in [3.63, 3.8) is 0 Å². The Balaban J connectivity index is 1.96. The molecule has 95 valence electrons. The molecule has 0 spiro atoms. The molecule has 1 aliphatic carbocycles. The van der Waals surface area contributed by atoms with Gasteiger partial charge in [0.2, 0.25) is 0 Å². The summed E-state index contributed by atoms with van der Waals surface area (Å²) in [5, 5.41) is 0. The van der Waals surface area contributed by atoms with Gasteiger partial charge in [-0.25, -0.2) is 0 Å². The third kappa shape index (κ3) is 2.41. The molecule has 2 heteroatoms. The summed E-state index contributed by atoms with van der Waals surface area (Å²) in [6.07, 6.45) is 5.31. The van der Waals surface area contributed by atoms with Crippen molar-refractivity contribution < 1.29 is 0 Å². The molecule has 0 aliphatic heterocycles. The van der Waals surface area contributed by atoms with Crippen LogP contribution in [0.5, 0.6) is 0 Å². The summed E-state index contributed by atoms with van der Waals surface area (Å²) in [5.41, 5.74) is 6.22. The highest BCUT2D eigenvalue weighted by Crippen LogP contribution is 2.38. The smallest absolute Gasteiger partial charge is 0.0548 e. The van der Waals surface area contributed by atoms with E-state index in [1.165, 1.54) is 16.7 Å². The standard InChI is InChI=1S/C17H18NSi/c1-19(2)17-12-13(11-14-7-5-6-10-18-14)15-8-3-4-9-16(15)17/h3-10,12,17H,11H2,1-2H3. The van der Waals surface area contributed by atoms with E-state index in [0.29, 0.717) is 5.54 Å². The van der Waals surface area contributed by atoms with E-state index in [1.54, 1.807) is 0 Å². The van der Waals surface area contributed by atoms with E-state index >= 15 is 0 Å². The molecular formula is C17H18NSi. The summed E-state index contributed by atoms with van der Waals surface area (Å²) >= 11 is 0. The van der Waals surface area contributed by atoms with Gasteiger partial charge in [0.05, 0.1) is 8.80 Å². The molecule has 19 heavy (non-hydrogen) atoms. The van der Waals surface area contributed by atoms with E-state index in [0.717, 1.165) is 12.1 Å². The topological polar surface area (TPSA) is 12.9 Å². The van der Waals surface area contributed by atoms with Gasteiger partial charge in [0.25, 0.3) is 0 Å². The minimum Gasteiger partial charge on any atom is -0.261 e. The van der Waals surface area contributed by atoms with Gasteiger partial charge in [-0.15, -0.1) is 0 Å². The molecule has 1 nitrogen and oxygen atoms in total. The Morgan fingerprint density at radius 2 is 1.84 bits per heavy atom. The van der Waals surface area contributed by atoms with Crippen molar-refractivity contribution in [2.45, 2.75) is 25.1 Å². The van der Waals surface area contributed by atoms with Gasteiger partial charge in [-0.05, 0) is 34.4 Å². The minimum atomic E-state index is -0.345. The van der Waals surface area contributed by atoms with Crippen LogP contribution in [-0.4, -0.2) is 13.8 Å². The van der Waals surface area contributed by atoms with Gasteiger partial charge in [0.15, 0.2) is 0 Å². The van der Waals surface area contributed by atoms with Crippen LogP contribution in [0.1, 0.15) is 22.4 Å². The van der Waals surface area contributed by atoms with Gasteiger partial charge >= 0.3 is 0 Å². The Morgan fingerprint density at radius 3 is 2.58 bits per heavy atom. The molecule has 1 atom stereocenters. The van der Waals surface area contributed by atoms with E-state index in [-0.39, 0.29) is 8.80 Å². The lowest BCUT2D eigenvalue weighted by Crippen LogP contribution is -2.11. The Morgan fingerprint density at radius 1 is 1.05 bits per heavy atom. The number of pyridine rings is 1. The van der Waals surface area contributed by atoms with Crippen molar-refractivity contribution in [3.8, 4) is 0 Å². The van der Waals surface area contributed by atoms with Crippen molar-refractivity contribution in [3.05, 3.63) is 71.6 Å². The number of hydrogen-bond acceptors (Lipinski definition) is 1. The van der Waals surface area contributed by atoms with Crippen LogP contribution in [-0.2, 0) is 6.42 Å². The molecular weight excluding hydrogens is 246 g/mol. The molecule has 1 aromatic heterocycles. The van der Waals surface area contributed by atoms with Crippen molar-refractivity contribution >= 4 is 14.4 Å². The van der Waals surface area contributed by atoms with E-state index < -0.39 is 0 Å². The fraction of sp³-hybridized carbons (Fsp3) is 0.235. The van der Waals surface area contributed by atoms with Crippen LogP contribution in [0.4, 0.5) is 0 Å². The molecule has 0 N–H and O–H groups in total. The Kier molecular flexibility index (Phi) is 3.34. The van der Waals surface area contributed by atoms with Crippen LogP contribution in [0, 0.1) is 0 Å². The zero-order valence-electron chi connectivity index (χ0n) is 11.4. The van der Waals surface area contributed by atoms with Gasteiger partial charge in [0.1, 0.15) is 0 Å². The second-order valence-corrected chi connectivity index (χ2v) is 8.11. The summed E-state index contributed by atoms with van der Waals surface area (Å²) in [4.78, 5) is 4.45.